The molecule has 0 unspecified atom stereocenters. The van der Waals surface area contributed by atoms with Crippen molar-refractivity contribution in [1.82, 2.24) is 24.6 Å². The van der Waals surface area contributed by atoms with Crippen molar-refractivity contribution in [2.45, 2.75) is 183 Å². The van der Waals surface area contributed by atoms with Gasteiger partial charge in [0.2, 0.25) is 23.6 Å². The van der Waals surface area contributed by atoms with Crippen LogP contribution in [0.1, 0.15) is 244 Å². The summed E-state index contributed by atoms with van der Waals surface area (Å²) in [6.07, 6.45) is 23.4. The molecule has 4 N–H and O–H groups in total. The maximum absolute atomic E-state index is 13.2. The van der Waals surface area contributed by atoms with Gasteiger partial charge in [-0.2, -0.15) is 0 Å². The maximum Gasteiger partial charge on any atom is 0.346 e. The van der Waals surface area contributed by atoms with Gasteiger partial charge < -0.3 is 40.0 Å². The second kappa shape index (κ2) is 42.4. The number of carbonyl (C=O) groups excluding carboxylic acids is 4. The van der Waals surface area contributed by atoms with E-state index in [0.717, 1.165) is 170 Å². The van der Waals surface area contributed by atoms with Crippen molar-refractivity contribution < 1.29 is 58.8 Å². The predicted octanol–water partition coefficient (Wildman–Crippen LogP) is 24.4. The fourth-order valence-corrected chi connectivity index (χ4v) is 24.3. The molecule has 4 amide bonds. The van der Waals surface area contributed by atoms with Crippen LogP contribution in [0.4, 0.5) is 0 Å². The summed E-state index contributed by atoms with van der Waals surface area (Å²) in [5.74, 6) is 1.60. The molecule has 8 aliphatic rings. The normalized spacial score (nSPS) is 21.7. The minimum Gasteiger partial charge on any atom is -0.477 e. The minimum atomic E-state index is -0.880. The molecular formula is C105H119N5O12S4. The number of nitrogens with zero attached hydrogens (tertiary/aromatic N) is 5. The Hall–Kier alpha value is -10.5. The number of carboxylic acid groups (broad SMARTS) is 4. The molecule has 5 aromatic heterocycles. The largest absolute Gasteiger partial charge is 0.477 e. The average Bonchev–Trinajstić information content (AvgIpc) is 1.59. The van der Waals surface area contributed by atoms with Crippen molar-refractivity contribution in [3.05, 3.63) is 240 Å². The zero-order chi connectivity index (χ0) is 88.8. The number of aromatic nitrogens is 1. The van der Waals surface area contributed by atoms with Gasteiger partial charge in [0.15, 0.2) is 0 Å². The monoisotopic (exact) mass is 1770 g/mol. The van der Waals surface area contributed by atoms with Gasteiger partial charge in [-0.1, -0.05) is 206 Å². The first kappa shape index (κ1) is 91.8. The van der Waals surface area contributed by atoms with Crippen LogP contribution in [0.5, 0.6) is 0 Å². The van der Waals surface area contributed by atoms with E-state index in [-0.39, 0.29) is 23.6 Å². The van der Waals surface area contributed by atoms with Crippen molar-refractivity contribution >= 4 is 115 Å². The summed E-state index contributed by atoms with van der Waals surface area (Å²) in [5.41, 5.74) is 18.2. The summed E-state index contributed by atoms with van der Waals surface area (Å²) in [7, 11) is 0. The molecule has 4 fully saturated rings. The number of pyridine rings is 1. The molecule has 4 aliphatic carbocycles. The molecule has 17 rings (SSSR count). The molecule has 21 heteroatoms. The van der Waals surface area contributed by atoms with Crippen molar-refractivity contribution in [1.29, 1.82) is 0 Å². The van der Waals surface area contributed by atoms with Gasteiger partial charge in [0.05, 0.1) is 6.42 Å². The number of carbonyl (C=O) groups is 8. The summed E-state index contributed by atoms with van der Waals surface area (Å²) < 4.78 is 0. The standard InChI is InChI=1S/C30H32N2O3S.3C25H29NO3S/c1-20-10-12-21(13-11-20)26-19-32(28(33)17-23-9-5-6-15-31-23)16-14-24(26)25-18-27(36-29(25)30(34)35)22-7-3-2-4-8-22;3*1-16-8-10-18(11-9-16)22-15-26(17(2)27)13-12-20(22)21-14-23(30-24(21)25(28)29)19-6-4-3-5-7-19/h2-9,15,18,20-21H,10-14,16-17,19H2,1H3,(H,34,35);3*3-7,14,16,18H,8-13,15H2,1-2H3,(H,28,29). The van der Waals surface area contributed by atoms with Crippen molar-refractivity contribution in [3.8, 4) is 41.8 Å². The van der Waals surface area contributed by atoms with E-state index in [1.807, 2.05) is 159 Å². The van der Waals surface area contributed by atoms with E-state index in [4.69, 9.17) is 0 Å². The molecule has 0 radical (unpaired) electrons. The van der Waals surface area contributed by atoms with Gasteiger partial charge in [0.1, 0.15) is 19.5 Å². The van der Waals surface area contributed by atoms with Gasteiger partial charge in [-0.25, -0.2) is 19.2 Å². The molecular weight excluding hydrogens is 1650 g/mol. The molecule has 0 atom stereocenters. The molecule has 0 bridgehead atoms. The summed E-state index contributed by atoms with van der Waals surface area (Å²) >= 11 is 5.42. The Morgan fingerprint density at radius 2 is 0.548 bits per heavy atom. The van der Waals surface area contributed by atoms with Crippen LogP contribution in [-0.4, -0.2) is 145 Å². The quantitative estimate of drug-likeness (QED) is 0.0625. The Balaban J connectivity index is 0.000000137. The third-order valence-electron chi connectivity index (χ3n) is 27.5. The summed E-state index contributed by atoms with van der Waals surface area (Å²) in [4.78, 5) is 116. The van der Waals surface area contributed by atoms with Gasteiger partial charge in [-0.3, -0.25) is 24.2 Å². The number of amides is 4. The van der Waals surface area contributed by atoms with Crippen molar-refractivity contribution in [2.75, 3.05) is 52.4 Å². The van der Waals surface area contributed by atoms with E-state index in [9.17, 15) is 58.8 Å². The number of carboxylic acids is 4. The number of hydrogen-bond donors (Lipinski definition) is 4. The molecule has 4 aromatic carbocycles. The Morgan fingerprint density at radius 3 is 0.770 bits per heavy atom. The number of thiophene rings is 4. The minimum absolute atomic E-state index is 0.0863. The van der Waals surface area contributed by atoms with Crippen LogP contribution in [0.15, 0.2) is 192 Å². The second-order valence-corrected chi connectivity index (χ2v) is 40.3. The lowest BCUT2D eigenvalue weighted by Gasteiger charge is -2.37. The smallest absolute Gasteiger partial charge is 0.346 e. The van der Waals surface area contributed by atoms with Crippen LogP contribution < -0.4 is 0 Å². The number of rotatable bonds is 18. The van der Waals surface area contributed by atoms with Crippen LogP contribution in [0, 0.1) is 47.3 Å². The van der Waals surface area contributed by atoms with Gasteiger partial charge in [0.25, 0.3) is 0 Å². The van der Waals surface area contributed by atoms with Gasteiger partial charge in [0, 0.05) is 127 Å². The zero-order valence-electron chi connectivity index (χ0n) is 73.7. The van der Waals surface area contributed by atoms with E-state index in [0.29, 0.717) is 108 Å². The molecule has 0 spiro atoms. The molecule has 660 valence electrons. The highest BCUT2D eigenvalue weighted by Crippen LogP contribution is 2.50. The highest BCUT2D eigenvalue weighted by Gasteiger charge is 2.38. The van der Waals surface area contributed by atoms with Crippen molar-refractivity contribution in [2.24, 2.45) is 47.3 Å². The van der Waals surface area contributed by atoms with Gasteiger partial charge in [-0.15, -0.1) is 45.3 Å². The van der Waals surface area contributed by atoms with E-state index < -0.39 is 23.9 Å². The van der Waals surface area contributed by atoms with E-state index in [1.54, 1.807) is 27.0 Å². The van der Waals surface area contributed by atoms with E-state index >= 15 is 0 Å². The Morgan fingerprint density at radius 1 is 0.317 bits per heavy atom. The molecule has 0 saturated heterocycles. The fourth-order valence-electron chi connectivity index (χ4n) is 20.2. The highest BCUT2D eigenvalue weighted by molar-refractivity contribution is 7.18. The van der Waals surface area contributed by atoms with Crippen LogP contribution >= 0.6 is 45.3 Å². The third kappa shape index (κ3) is 22.4. The Kier molecular flexibility index (Phi) is 30.9. The van der Waals surface area contributed by atoms with Gasteiger partial charge >= 0.3 is 23.9 Å². The van der Waals surface area contributed by atoms with Crippen LogP contribution in [-0.2, 0) is 25.6 Å². The summed E-state index contributed by atoms with van der Waals surface area (Å²) in [5, 5.41) is 40.0. The first-order valence-electron chi connectivity index (χ1n) is 45.3. The van der Waals surface area contributed by atoms with Crippen molar-refractivity contribution in [3.63, 3.8) is 0 Å². The SMILES string of the molecule is CC(=O)N1CCC(c2cc(-c3ccccc3)sc2C(=O)O)=C(C2CCC(C)CC2)C1.CC(=O)N1CCC(c2cc(-c3ccccc3)sc2C(=O)O)=C(C2CCC(C)CC2)C1.CC(=O)N1CCC(c2cc(-c3ccccc3)sc2C(=O)O)=C(C2CCC(C)CC2)C1.CC1CCC(C2=C(c3cc(-c4ccccc4)sc3C(=O)O)CCN(C(=O)Cc3ccccn3)C2)CC1. The molecule has 4 saturated carbocycles. The summed E-state index contributed by atoms with van der Waals surface area (Å²) in [6.45, 7) is 19.2. The second-order valence-electron chi connectivity index (χ2n) is 36.1. The third-order valence-corrected chi connectivity index (χ3v) is 32.2. The lowest BCUT2D eigenvalue weighted by molar-refractivity contribution is -0.130. The van der Waals surface area contributed by atoms with E-state index in [1.165, 1.54) is 136 Å². The first-order valence-corrected chi connectivity index (χ1v) is 48.6. The summed E-state index contributed by atoms with van der Waals surface area (Å²) in [6, 6.07) is 53.8. The Bertz CT molecular complexity index is 5130. The molecule has 9 aromatic rings. The molecule has 4 aliphatic heterocycles. The van der Waals surface area contributed by atoms with Crippen LogP contribution in [0.3, 0.4) is 0 Å². The number of aromatic carboxylic acids is 4. The molecule has 9 heterocycles. The Labute approximate surface area is 757 Å². The lowest BCUT2D eigenvalue weighted by atomic mass is 9.75. The van der Waals surface area contributed by atoms with E-state index in [2.05, 4.69) is 56.9 Å². The lowest BCUT2D eigenvalue weighted by Crippen LogP contribution is -2.39. The number of hydrogen-bond acceptors (Lipinski definition) is 13. The fraction of sp³-hybridized carbons (Fsp3) is 0.419. The average molecular weight is 1770 g/mol. The zero-order valence-corrected chi connectivity index (χ0v) is 77.0. The van der Waals surface area contributed by atoms with Crippen LogP contribution in [0.25, 0.3) is 64.1 Å². The topological polar surface area (TPSA) is 243 Å². The first-order chi connectivity index (χ1) is 60.8. The van der Waals surface area contributed by atoms with Crippen LogP contribution in [0.2, 0.25) is 0 Å². The molecule has 126 heavy (non-hydrogen) atoms. The maximum atomic E-state index is 13.2. The predicted molar refractivity (Wildman–Crippen MR) is 509 cm³/mol. The molecule has 17 nitrogen and oxygen atoms in total. The van der Waals surface area contributed by atoms with Gasteiger partial charge in [-0.05, 0) is 228 Å². The highest BCUT2D eigenvalue weighted by atomic mass is 32.1. The number of benzene rings is 4.